The van der Waals surface area contributed by atoms with E-state index < -0.39 is 0 Å². The van der Waals surface area contributed by atoms with Crippen molar-refractivity contribution in [1.82, 2.24) is 0 Å². The largest absolute Gasteiger partial charge is 0.493 e. The minimum Gasteiger partial charge on any atom is -0.493 e. The van der Waals surface area contributed by atoms with Crippen LogP contribution in [0.25, 0.3) is 6.08 Å². The highest BCUT2D eigenvalue weighted by atomic mass is 16.6. The van der Waals surface area contributed by atoms with Crippen molar-refractivity contribution in [3.05, 3.63) is 53.6 Å². The SMILES string of the molecule is COc1cc(/C=C/C(=O)c2ccc3c(c2)OCCO3)ccc1OCC#N. The summed E-state index contributed by atoms with van der Waals surface area (Å²) in [4.78, 5) is 12.4. The Balaban J connectivity index is 1.75. The van der Waals surface area contributed by atoms with Crippen molar-refractivity contribution < 1.29 is 23.7 Å². The summed E-state index contributed by atoms with van der Waals surface area (Å²) < 4.78 is 21.5. The molecule has 1 heterocycles. The van der Waals surface area contributed by atoms with E-state index in [1.54, 1.807) is 42.5 Å². The summed E-state index contributed by atoms with van der Waals surface area (Å²) in [6.07, 6.45) is 3.17. The van der Waals surface area contributed by atoms with Crippen LogP contribution in [-0.2, 0) is 0 Å². The van der Waals surface area contributed by atoms with Crippen LogP contribution in [0.3, 0.4) is 0 Å². The molecule has 0 radical (unpaired) electrons. The van der Waals surface area contributed by atoms with Gasteiger partial charge in [0, 0.05) is 5.56 Å². The van der Waals surface area contributed by atoms with Gasteiger partial charge in [-0.3, -0.25) is 4.79 Å². The normalized spacial score (nSPS) is 12.5. The molecule has 0 atom stereocenters. The van der Waals surface area contributed by atoms with Crippen molar-refractivity contribution in [1.29, 1.82) is 5.26 Å². The van der Waals surface area contributed by atoms with E-state index in [1.165, 1.54) is 13.2 Å². The average Bonchev–Trinajstić information content (AvgIpc) is 2.70. The summed E-state index contributed by atoms with van der Waals surface area (Å²) in [5.74, 6) is 2.05. The number of ketones is 1. The lowest BCUT2D eigenvalue weighted by Gasteiger charge is -2.18. The third-order valence-corrected chi connectivity index (χ3v) is 3.73. The van der Waals surface area contributed by atoms with E-state index >= 15 is 0 Å². The minimum atomic E-state index is -0.147. The second-order valence-electron chi connectivity index (χ2n) is 5.41. The molecule has 0 unspecified atom stereocenters. The zero-order chi connectivity index (χ0) is 18.4. The fraction of sp³-hybridized carbons (Fsp3) is 0.200. The third-order valence-electron chi connectivity index (χ3n) is 3.73. The molecule has 26 heavy (non-hydrogen) atoms. The quantitative estimate of drug-likeness (QED) is 0.587. The monoisotopic (exact) mass is 351 g/mol. The number of benzene rings is 2. The van der Waals surface area contributed by atoms with Crippen molar-refractivity contribution in [3.8, 4) is 29.1 Å². The molecular weight excluding hydrogens is 334 g/mol. The number of rotatable bonds is 6. The Hall–Kier alpha value is -3.46. The first-order valence-corrected chi connectivity index (χ1v) is 8.01. The summed E-state index contributed by atoms with van der Waals surface area (Å²) in [6, 6.07) is 12.2. The van der Waals surface area contributed by atoms with E-state index in [2.05, 4.69) is 0 Å². The Morgan fingerprint density at radius 1 is 1.15 bits per heavy atom. The highest BCUT2D eigenvalue weighted by molar-refractivity contribution is 6.07. The standard InChI is InChI=1S/C20H17NO5/c1-23-19-12-14(3-6-17(19)24-9-8-21)2-5-16(22)15-4-7-18-20(13-15)26-11-10-25-18/h2-7,12-13H,9-11H2,1H3/b5-2+. The first kappa shape index (κ1) is 17.4. The van der Waals surface area contributed by atoms with Gasteiger partial charge < -0.3 is 18.9 Å². The Bertz CT molecular complexity index is 882. The number of nitriles is 1. The van der Waals surface area contributed by atoms with Gasteiger partial charge >= 0.3 is 0 Å². The number of hydrogen-bond donors (Lipinski definition) is 0. The van der Waals surface area contributed by atoms with E-state index in [1.807, 2.05) is 6.07 Å². The molecule has 0 saturated heterocycles. The number of allylic oxidation sites excluding steroid dienone is 1. The van der Waals surface area contributed by atoms with Gasteiger partial charge in [0.05, 0.1) is 7.11 Å². The maximum atomic E-state index is 12.4. The Morgan fingerprint density at radius 3 is 2.73 bits per heavy atom. The van der Waals surface area contributed by atoms with E-state index in [4.69, 9.17) is 24.2 Å². The molecular formula is C20H17NO5. The van der Waals surface area contributed by atoms with Crippen LogP contribution in [0.2, 0.25) is 0 Å². The lowest BCUT2D eigenvalue weighted by molar-refractivity contribution is 0.104. The van der Waals surface area contributed by atoms with Crippen LogP contribution in [0.15, 0.2) is 42.5 Å². The van der Waals surface area contributed by atoms with Crippen molar-refractivity contribution in [2.45, 2.75) is 0 Å². The molecule has 0 aliphatic carbocycles. The molecule has 0 bridgehead atoms. The average molecular weight is 351 g/mol. The van der Waals surface area contributed by atoms with Gasteiger partial charge in [0.25, 0.3) is 0 Å². The summed E-state index contributed by atoms with van der Waals surface area (Å²) in [5.41, 5.74) is 1.29. The van der Waals surface area contributed by atoms with Crippen molar-refractivity contribution in [2.24, 2.45) is 0 Å². The molecule has 1 aliphatic heterocycles. The predicted octanol–water partition coefficient (Wildman–Crippen LogP) is 3.26. The second-order valence-corrected chi connectivity index (χ2v) is 5.41. The summed E-state index contributed by atoms with van der Waals surface area (Å²) in [6.45, 7) is 0.921. The number of carbonyl (C=O) groups excluding carboxylic acids is 1. The Labute approximate surface area is 151 Å². The summed E-state index contributed by atoms with van der Waals surface area (Å²) in [7, 11) is 1.52. The van der Waals surface area contributed by atoms with Gasteiger partial charge in [0.1, 0.15) is 19.3 Å². The lowest BCUT2D eigenvalue weighted by Crippen LogP contribution is -2.15. The number of methoxy groups -OCH3 is 1. The van der Waals surface area contributed by atoms with Crippen LogP contribution in [0.5, 0.6) is 23.0 Å². The van der Waals surface area contributed by atoms with E-state index in [9.17, 15) is 4.79 Å². The van der Waals surface area contributed by atoms with E-state index in [-0.39, 0.29) is 12.4 Å². The Morgan fingerprint density at radius 2 is 1.96 bits per heavy atom. The van der Waals surface area contributed by atoms with Crippen LogP contribution >= 0.6 is 0 Å². The van der Waals surface area contributed by atoms with Crippen LogP contribution in [-0.4, -0.2) is 32.7 Å². The Kier molecular flexibility index (Phi) is 5.40. The maximum absolute atomic E-state index is 12.4. The molecule has 2 aromatic rings. The molecule has 1 aliphatic rings. The molecule has 0 saturated carbocycles. The van der Waals surface area contributed by atoms with Crippen LogP contribution in [0, 0.1) is 11.3 Å². The number of carbonyl (C=O) groups is 1. The summed E-state index contributed by atoms with van der Waals surface area (Å²) >= 11 is 0. The van der Waals surface area contributed by atoms with Gasteiger partial charge in [-0.15, -0.1) is 0 Å². The third kappa shape index (κ3) is 3.95. The first-order chi connectivity index (χ1) is 12.7. The first-order valence-electron chi connectivity index (χ1n) is 8.01. The van der Waals surface area contributed by atoms with E-state index in [0.29, 0.717) is 41.8 Å². The molecule has 3 rings (SSSR count). The predicted molar refractivity (Wildman–Crippen MR) is 94.9 cm³/mol. The van der Waals surface area contributed by atoms with Gasteiger partial charge in [-0.1, -0.05) is 12.1 Å². The number of nitrogens with zero attached hydrogens (tertiary/aromatic N) is 1. The molecule has 0 N–H and O–H groups in total. The number of hydrogen-bond acceptors (Lipinski definition) is 6. The van der Waals surface area contributed by atoms with Gasteiger partial charge in [0.2, 0.25) is 0 Å². The zero-order valence-electron chi connectivity index (χ0n) is 14.2. The molecule has 6 heteroatoms. The highest BCUT2D eigenvalue weighted by Crippen LogP contribution is 2.31. The fourth-order valence-electron chi connectivity index (χ4n) is 2.48. The van der Waals surface area contributed by atoms with Crippen LogP contribution in [0.1, 0.15) is 15.9 Å². The number of ether oxygens (including phenoxy) is 4. The van der Waals surface area contributed by atoms with E-state index in [0.717, 1.165) is 5.56 Å². The van der Waals surface area contributed by atoms with Gasteiger partial charge in [-0.2, -0.15) is 5.26 Å². The van der Waals surface area contributed by atoms with Gasteiger partial charge in [0.15, 0.2) is 35.4 Å². The second kappa shape index (κ2) is 8.08. The molecule has 0 fully saturated rings. The van der Waals surface area contributed by atoms with Gasteiger partial charge in [-0.25, -0.2) is 0 Å². The summed E-state index contributed by atoms with van der Waals surface area (Å²) in [5, 5.41) is 8.59. The van der Waals surface area contributed by atoms with Crippen molar-refractivity contribution in [2.75, 3.05) is 26.9 Å². The molecule has 0 amide bonds. The fourth-order valence-corrected chi connectivity index (χ4v) is 2.48. The highest BCUT2D eigenvalue weighted by Gasteiger charge is 2.13. The minimum absolute atomic E-state index is 0.0614. The molecule has 0 aromatic heterocycles. The zero-order valence-corrected chi connectivity index (χ0v) is 14.2. The maximum Gasteiger partial charge on any atom is 0.185 e. The molecule has 132 valence electrons. The molecule has 0 spiro atoms. The number of fused-ring (bicyclic) bond motifs is 1. The van der Waals surface area contributed by atoms with Crippen molar-refractivity contribution >= 4 is 11.9 Å². The van der Waals surface area contributed by atoms with Crippen LogP contribution in [0.4, 0.5) is 0 Å². The van der Waals surface area contributed by atoms with Crippen molar-refractivity contribution in [3.63, 3.8) is 0 Å². The topological polar surface area (TPSA) is 77.8 Å². The molecule has 2 aromatic carbocycles. The van der Waals surface area contributed by atoms with Crippen LogP contribution < -0.4 is 18.9 Å². The molecule has 6 nitrogen and oxygen atoms in total. The lowest BCUT2D eigenvalue weighted by atomic mass is 10.1. The smallest absolute Gasteiger partial charge is 0.185 e. The van der Waals surface area contributed by atoms with Gasteiger partial charge in [-0.05, 0) is 42.0 Å².